The number of rotatable bonds is 4. The molecule has 0 aliphatic carbocycles. The van der Waals surface area contributed by atoms with E-state index in [1.165, 1.54) is 11.6 Å². The maximum absolute atomic E-state index is 13.2. The lowest BCUT2D eigenvalue weighted by Gasteiger charge is -2.35. The van der Waals surface area contributed by atoms with Crippen LogP contribution in [0.15, 0.2) is 52.1 Å². The van der Waals surface area contributed by atoms with Crippen LogP contribution in [0.25, 0.3) is 21.9 Å². The van der Waals surface area contributed by atoms with Crippen molar-refractivity contribution in [2.75, 3.05) is 13.1 Å². The van der Waals surface area contributed by atoms with E-state index in [-0.39, 0.29) is 23.5 Å². The zero-order chi connectivity index (χ0) is 23.3. The quantitative estimate of drug-likeness (QED) is 0.480. The molecule has 1 saturated heterocycles. The largest absolute Gasteiger partial charge is 0.373 e. The van der Waals surface area contributed by atoms with Crippen LogP contribution >= 0.6 is 0 Å². The van der Waals surface area contributed by atoms with Gasteiger partial charge in [0.2, 0.25) is 0 Å². The van der Waals surface area contributed by atoms with Gasteiger partial charge < -0.3 is 9.30 Å². The van der Waals surface area contributed by atoms with Crippen molar-refractivity contribution in [3.05, 3.63) is 74.7 Å². The number of hydrogen-bond acceptors (Lipinski definition) is 5. The number of morpholine rings is 1. The highest BCUT2D eigenvalue weighted by atomic mass is 16.5. The van der Waals surface area contributed by atoms with Crippen LogP contribution in [0.3, 0.4) is 0 Å². The Bertz CT molecular complexity index is 1450. The molecule has 0 amide bonds. The lowest BCUT2D eigenvalue weighted by molar-refractivity contribution is -0.0712. The minimum absolute atomic E-state index is 0.127. The lowest BCUT2D eigenvalue weighted by Crippen LogP contribution is -2.45. The van der Waals surface area contributed by atoms with Gasteiger partial charge in [0.25, 0.3) is 5.56 Å². The molecule has 0 spiro atoms. The van der Waals surface area contributed by atoms with Gasteiger partial charge in [0, 0.05) is 27.2 Å². The third-order valence-electron chi connectivity index (χ3n) is 6.50. The third kappa shape index (κ3) is 3.79. The Morgan fingerprint density at radius 2 is 1.64 bits per heavy atom. The first-order valence-corrected chi connectivity index (χ1v) is 11.3. The van der Waals surface area contributed by atoms with Gasteiger partial charge in [0.1, 0.15) is 5.82 Å². The van der Waals surface area contributed by atoms with Crippen molar-refractivity contribution in [2.45, 2.75) is 39.1 Å². The summed E-state index contributed by atoms with van der Waals surface area (Å²) in [5.41, 5.74) is 1.29. The summed E-state index contributed by atoms with van der Waals surface area (Å²) in [6, 6.07) is 14.5. The second-order valence-corrected chi connectivity index (χ2v) is 9.08. The van der Waals surface area contributed by atoms with E-state index in [1.807, 2.05) is 22.8 Å². The number of benzene rings is 2. The van der Waals surface area contributed by atoms with E-state index in [4.69, 9.17) is 9.72 Å². The molecule has 0 unspecified atom stereocenters. The molecule has 2 aromatic carbocycles. The van der Waals surface area contributed by atoms with Gasteiger partial charge in [-0.1, -0.05) is 42.5 Å². The van der Waals surface area contributed by atoms with Crippen LogP contribution in [0.5, 0.6) is 0 Å². The predicted octanol–water partition coefficient (Wildman–Crippen LogP) is 2.24. The summed E-state index contributed by atoms with van der Waals surface area (Å²) in [5, 5.41) is 2.29. The molecule has 4 aromatic rings. The van der Waals surface area contributed by atoms with Crippen LogP contribution in [0.2, 0.25) is 0 Å². The molecule has 1 aliphatic rings. The molecular weight excluding hydrogens is 418 g/mol. The average molecular weight is 448 g/mol. The summed E-state index contributed by atoms with van der Waals surface area (Å²) < 4.78 is 10.5. The zero-order valence-electron chi connectivity index (χ0n) is 19.5. The molecule has 5 rings (SSSR count). The molecule has 172 valence electrons. The Balaban J connectivity index is 1.69. The highest BCUT2D eigenvalue weighted by Gasteiger charge is 2.26. The number of nitrogens with zero attached hydrogens (tertiary/aromatic N) is 5. The minimum atomic E-state index is -0.373. The van der Waals surface area contributed by atoms with Crippen LogP contribution in [0.4, 0.5) is 0 Å². The molecule has 33 heavy (non-hydrogen) atoms. The van der Waals surface area contributed by atoms with Gasteiger partial charge in [-0.3, -0.25) is 18.8 Å². The molecule has 1 fully saturated rings. The van der Waals surface area contributed by atoms with Crippen molar-refractivity contribution >= 4 is 21.9 Å². The molecule has 0 radical (unpaired) electrons. The highest BCUT2D eigenvalue weighted by Crippen LogP contribution is 2.23. The molecule has 0 saturated carbocycles. The number of aromatic nitrogens is 4. The standard InChI is InChI=1S/C25H29N5O3/c1-16-12-29(13-17(2)33-16)15-21-26-23-22(24(31)28(4)25(32)27(23)3)30(21)14-19-10-7-9-18-8-5-6-11-20(18)19/h5-11,16-17H,12-15H2,1-4H3/t16-,17-/m0/s1. The van der Waals surface area contributed by atoms with Crippen LogP contribution in [-0.2, 0) is 31.9 Å². The highest BCUT2D eigenvalue weighted by molar-refractivity contribution is 5.85. The van der Waals surface area contributed by atoms with E-state index in [2.05, 4.69) is 43.0 Å². The molecule has 0 bridgehead atoms. The predicted molar refractivity (Wildman–Crippen MR) is 129 cm³/mol. The van der Waals surface area contributed by atoms with Crippen LogP contribution in [0, 0.1) is 0 Å². The molecule has 0 N–H and O–H groups in total. The summed E-state index contributed by atoms with van der Waals surface area (Å²) in [5.74, 6) is 0.775. The second kappa shape index (κ2) is 8.28. The van der Waals surface area contributed by atoms with Gasteiger partial charge in [-0.15, -0.1) is 0 Å². The van der Waals surface area contributed by atoms with Gasteiger partial charge in [0.15, 0.2) is 11.2 Å². The van der Waals surface area contributed by atoms with E-state index < -0.39 is 0 Å². The van der Waals surface area contributed by atoms with Gasteiger partial charge in [-0.05, 0) is 30.2 Å². The fourth-order valence-corrected chi connectivity index (χ4v) is 5.00. The van der Waals surface area contributed by atoms with Gasteiger partial charge in [0.05, 0.1) is 25.3 Å². The molecule has 8 nitrogen and oxygen atoms in total. The van der Waals surface area contributed by atoms with Crippen LogP contribution in [0.1, 0.15) is 25.2 Å². The van der Waals surface area contributed by atoms with Crippen LogP contribution in [-0.4, -0.2) is 48.9 Å². The van der Waals surface area contributed by atoms with Crippen LogP contribution < -0.4 is 11.2 Å². The first-order chi connectivity index (χ1) is 15.8. The van der Waals surface area contributed by atoms with Crippen molar-refractivity contribution in [1.29, 1.82) is 0 Å². The van der Waals surface area contributed by atoms with E-state index in [0.29, 0.717) is 24.3 Å². The van der Waals surface area contributed by atoms with Crippen molar-refractivity contribution in [2.24, 2.45) is 14.1 Å². The van der Waals surface area contributed by atoms with E-state index >= 15 is 0 Å². The number of fused-ring (bicyclic) bond motifs is 2. The zero-order valence-corrected chi connectivity index (χ0v) is 19.5. The Kier molecular flexibility index (Phi) is 5.42. The normalized spacial score (nSPS) is 19.5. The SMILES string of the molecule is C[C@H]1CN(Cc2nc3c(c(=O)n(C)c(=O)n3C)n2Cc2cccc3ccccc23)C[C@H](C)O1. The fourth-order valence-electron chi connectivity index (χ4n) is 5.00. The molecule has 3 heterocycles. The summed E-state index contributed by atoms with van der Waals surface area (Å²) in [7, 11) is 3.19. The maximum atomic E-state index is 13.2. The number of aryl methyl sites for hydroxylation is 1. The van der Waals surface area contributed by atoms with E-state index in [1.54, 1.807) is 7.05 Å². The Morgan fingerprint density at radius 1 is 0.939 bits per heavy atom. The van der Waals surface area contributed by atoms with E-state index in [0.717, 1.165) is 39.8 Å². The first-order valence-electron chi connectivity index (χ1n) is 11.3. The second-order valence-electron chi connectivity index (χ2n) is 9.08. The average Bonchev–Trinajstić information content (AvgIpc) is 3.13. The summed E-state index contributed by atoms with van der Waals surface area (Å²) >= 11 is 0. The molecule has 8 heteroatoms. The van der Waals surface area contributed by atoms with Crippen molar-refractivity contribution < 1.29 is 4.74 Å². The number of hydrogen-bond donors (Lipinski definition) is 0. The smallest absolute Gasteiger partial charge is 0.332 e. The van der Waals surface area contributed by atoms with Gasteiger partial charge in [-0.25, -0.2) is 9.78 Å². The lowest BCUT2D eigenvalue weighted by atomic mass is 10.0. The summed E-state index contributed by atoms with van der Waals surface area (Å²) in [6.45, 7) is 6.80. The van der Waals surface area contributed by atoms with E-state index in [9.17, 15) is 9.59 Å². The molecule has 2 atom stereocenters. The fraction of sp³-hybridized carbons (Fsp3) is 0.400. The molecule has 1 aliphatic heterocycles. The number of ether oxygens (including phenoxy) is 1. The van der Waals surface area contributed by atoms with Crippen molar-refractivity contribution in [1.82, 2.24) is 23.6 Å². The maximum Gasteiger partial charge on any atom is 0.332 e. The Labute approximate surface area is 191 Å². The number of imidazole rings is 1. The topological polar surface area (TPSA) is 74.3 Å². The van der Waals surface area contributed by atoms with Gasteiger partial charge in [-0.2, -0.15) is 0 Å². The Hall–Kier alpha value is -3.23. The van der Waals surface area contributed by atoms with Gasteiger partial charge >= 0.3 is 5.69 Å². The molecule has 2 aromatic heterocycles. The molecular formula is C25H29N5O3. The Morgan fingerprint density at radius 3 is 2.39 bits per heavy atom. The van der Waals surface area contributed by atoms with Crippen molar-refractivity contribution in [3.63, 3.8) is 0 Å². The van der Waals surface area contributed by atoms with Crippen molar-refractivity contribution in [3.8, 4) is 0 Å². The summed E-state index contributed by atoms with van der Waals surface area (Å²) in [4.78, 5) is 33.0. The first kappa shape index (κ1) is 21.6. The minimum Gasteiger partial charge on any atom is -0.373 e. The summed E-state index contributed by atoms with van der Waals surface area (Å²) in [6.07, 6.45) is 0.253. The monoisotopic (exact) mass is 447 g/mol. The third-order valence-corrected chi connectivity index (χ3v) is 6.50.